The largest absolute Gasteiger partial charge is 0.463 e. The van der Waals surface area contributed by atoms with Gasteiger partial charge in [0.05, 0.1) is 19.0 Å². The van der Waals surface area contributed by atoms with Crippen LogP contribution in [-0.2, 0) is 4.74 Å². The average molecular weight is 192 g/mol. The van der Waals surface area contributed by atoms with E-state index in [2.05, 4.69) is 19.9 Å². The summed E-state index contributed by atoms with van der Waals surface area (Å²) in [6, 6.07) is 0. The Balaban J connectivity index is 2.67. The van der Waals surface area contributed by atoms with Gasteiger partial charge in [0.2, 0.25) is 5.82 Å². The van der Waals surface area contributed by atoms with Crippen LogP contribution in [0.2, 0.25) is 0 Å². The van der Waals surface area contributed by atoms with Crippen molar-refractivity contribution < 1.29 is 9.53 Å². The van der Waals surface area contributed by atoms with E-state index in [0.29, 0.717) is 5.65 Å². The molecule has 0 amide bonds. The first-order valence-corrected chi connectivity index (χ1v) is 3.98. The zero-order valence-electron chi connectivity index (χ0n) is 7.76. The summed E-state index contributed by atoms with van der Waals surface area (Å²) in [7, 11) is 1.30. The highest BCUT2D eigenvalue weighted by Gasteiger charge is 2.14. The molecule has 0 N–H and O–H groups in total. The maximum Gasteiger partial charge on any atom is 0.376 e. The Morgan fingerprint density at radius 3 is 3.00 bits per heavy atom. The summed E-state index contributed by atoms with van der Waals surface area (Å²) in [5.41, 5.74) is 1.30. The van der Waals surface area contributed by atoms with Crippen molar-refractivity contribution in [2.24, 2.45) is 0 Å². The number of hydrogen-bond donors (Lipinski definition) is 0. The van der Waals surface area contributed by atoms with Crippen molar-refractivity contribution in [1.82, 2.24) is 19.6 Å². The van der Waals surface area contributed by atoms with Gasteiger partial charge in [-0.3, -0.25) is 9.38 Å². The van der Waals surface area contributed by atoms with Crippen molar-refractivity contribution in [3.8, 4) is 0 Å². The maximum atomic E-state index is 11.2. The molecule has 6 nitrogen and oxygen atoms in total. The van der Waals surface area contributed by atoms with Crippen LogP contribution in [0.5, 0.6) is 0 Å². The Morgan fingerprint density at radius 1 is 1.50 bits per heavy atom. The standard InChI is InChI=1S/C8H8N4O2/c1-5-4-12-6(3-9-5)10-11-7(12)8(13)14-2/h3-4H,1-2H3. The lowest BCUT2D eigenvalue weighted by molar-refractivity contribution is 0.0585. The van der Waals surface area contributed by atoms with Crippen LogP contribution in [0.4, 0.5) is 0 Å². The number of aryl methyl sites for hydroxylation is 1. The van der Waals surface area contributed by atoms with E-state index < -0.39 is 5.97 Å². The van der Waals surface area contributed by atoms with Crippen LogP contribution in [-0.4, -0.2) is 32.7 Å². The zero-order chi connectivity index (χ0) is 10.1. The number of fused-ring (bicyclic) bond motifs is 1. The van der Waals surface area contributed by atoms with Crippen LogP contribution >= 0.6 is 0 Å². The molecular formula is C8H8N4O2. The molecule has 0 radical (unpaired) electrons. The average Bonchev–Trinajstić information content (AvgIpc) is 2.59. The molecule has 0 fully saturated rings. The van der Waals surface area contributed by atoms with Crippen LogP contribution < -0.4 is 0 Å². The summed E-state index contributed by atoms with van der Waals surface area (Å²) < 4.78 is 6.11. The maximum absolute atomic E-state index is 11.2. The van der Waals surface area contributed by atoms with Crippen molar-refractivity contribution in [3.63, 3.8) is 0 Å². The highest BCUT2D eigenvalue weighted by atomic mass is 16.5. The number of hydrogen-bond acceptors (Lipinski definition) is 5. The SMILES string of the molecule is COC(=O)c1nnc2cnc(C)cn12. The monoisotopic (exact) mass is 192 g/mol. The van der Waals surface area contributed by atoms with E-state index in [9.17, 15) is 4.79 Å². The molecule has 2 rings (SSSR count). The lowest BCUT2D eigenvalue weighted by Gasteiger charge is -1.97. The van der Waals surface area contributed by atoms with Gasteiger partial charge in [0.25, 0.3) is 0 Å². The zero-order valence-corrected chi connectivity index (χ0v) is 7.76. The molecule has 0 atom stereocenters. The van der Waals surface area contributed by atoms with Gasteiger partial charge in [-0.2, -0.15) is 0 Å². The number of methoxy groups -OCH3 is 1. The summed E-state index contributed by atoms with van der Waals surface area (Å²) in [5, 5.41) is 7.48. The molecule has 0 aliphatic heterocycles. The van der Waals surface area contributed by atoms with Gasteiger partial charge in [-0.1, -0.05) is 0 Å². The molecule has 0 spiro atoms. The lowest BCUT2D eigenvalue weighted by Crippen LogP contribution is -2.07. The molecule has 14 heavy (non-hydrogen) atoms. The Kier molecular flexibility index (Phi) is 1.88. The van der Waals surface area contributed by atoms with Gasteiger partial charge in [-0.05, 0) is 6.92 Å². The number of nitrogens with zero attached hydrogens (tertiary/aromatic N) is 4. The second-order valence-electron chi connectivity index (χ2n) is 2.77. The predicted molar refractivity (Wildman–Crippen MR) is 46.9 cm³/mol. The van der Waals surface area contributed by atoms with Crippen LogP contribution in [0.15, 0.2) is 12.4 Å². The van der Waals surface area contributed by atoms with Gasteiger partial charge >= 0.3 is 5.97 Å². The van der Waals surface area contributed by atoms with Crippen molar-refractivity contribution in [2.45, 2.75) is 6.92 Å². The third kappa shape index (κ3) is 1.20. The van der Waals surface area contributed by atoms with Gasteiger partial charge in [0.1, 0.15) is 0 Å². The fourth-order valence-corrected chi connectivity index (χ4v) is 1.13. The minimum absolute atomic E-state index is 0.160. The predicted octanol–water partition coefficient (Wildman–Crippen LogP) is 0.219. The number of ether oxygens (including phenoxy) is 1. The molecule has 6 heteroatoms. The van der Waals surface area contributed by atoms with Crippen LogP contribution in [0.3, 0.4) is 0 Å². The van der Waals surface area contributed by atoms with Crippen molar-refractivity contribution in [1.29, 1.82) is 0 Å². The summed E-state index contributed by atoms with van der Waals surface area (Å²) in [6.07, 6.45) is 3.23. The molecule has 0 aliphatic rings. The van der Waals surface area contributed by atoms with E-state index in [-0.39, 0.29) is 5.82 Å². The van der Waals surface area contributed by atoms with E-state index in [1.54, 1.807) is 16.8 Å². The van der Waals surface area contributed by atoms with Crippen LogP contribution in [0.25, 0.3) is 5.65 Å². The van der Waals surface area contributed by atoms with Crippen molar-refractivity contribution in [3.05, 3.63) is 23.9 Å². The molecule has 2 aromatic rings. The third-order valence-electron chi connectivity index (χ3n) is 1.79. The highest BCUT2D eigenvalue weighted by molar-refractivity contribution is 5.86. The molecule has 0 bridgehead atoms. The second-order valence-corrected chi connectivity index (χ2v) is 2.77. The first-order chi connectivity index (χ1) is 6.72. The molecule has 0 saturated carbocycles. The number of carbonyl (C=O) groups excluding carboxylic acids is 1. The molecular weight excluding hydrogens is 184 g/mol. The topological polar surface area (TPSA) is 69.4 Å². The molecule has 2 heterocycles. The molecule has 0 aliphatic carbocycles. The quantitative estimate of drug-likeness (QED) is 0.604. The fraction of sp³-hybridized carbons (Fsp3) is 0.250. The molecule has 0 saturated heterocycles. The molecule has 72 valence electrons. The van der Waals surface area contributed by atoms with E-state index in [1.807, 2.05) is 6.92 Å². The number of carbonyl (C=O) groups is 1. The summed E-state index contributed by atoms with van der Waals surface area (Å²) in [6.45, 7) is 1.82. The fourth-order valence-electron chi connectivity index (χ4n) is 1.13. The van der Waals surface area contributed by atoms with Gasteiger partial charge in [-0.25, -0.2) is 4.79 Å². The lowest BCUT2D eigenvalue weighted by atomic mass is 10.5. The number of aromatic nitrogens is 4. The Morgan fingerprint density at radius 2 is 2.29 bits per heavy atom. The third-order valence-corrected chi connectivity index (χ3v) is 1.79. The van der Waals surface area contributed by atoms with Crippen molar-refractivity contribution in [2.75, 3.05) is 7.11 Å². The normalized spacial score (nSPS) is 10.4. The minimum Gasteiger partial charge on any atom is -0.463 e. The Labute approximate surface area is 79.5 Å². The first kappa shape index (κ1) is 8.61. The van der Waals surface area contributed by atoms with Crippen LogP contribution in [0.1, 0.15) is 16.3 Å². The van der Waals surface area contributed by atoms with E-state index >= 15 is 0 Å². The van der Waals surface area contributed by atoms with Crippen molar-refractivity contribution >= 4 is 11.6 Å². The van der Waals surface area contributed by atoms with Crippen LogP contribution in [0, 0.1) is 6.92 Å². The molecule has 0 aromatic carbocycles. The van der Waals surface area contributed by atoms with Gasteiger partial charge in [0, 0.05) is 6.20 Å². The minimum atomic E-state index is -0.511. The second kappa shape index (κ2) is 3.06. The smallest absolute Gasteiger partial charge is 0.376 e. The van der Waals surface area contributed by atoms with E-state index in [0.717, 1.165) is 5.69 Å². The number of esters is 1. The Hall–Kier alpha value is -1.98. The summed E-state index contributed by atoms with van der Waals surface area (Å²) >= 11 is 0. The first-order valence-electron chi connectivity index (χ1n) is 3.98. The highest BCUT2D eigenvalue weighted by Crippen LogP contribution is 2.04. The van der Waals surface area contributed by atoms with Gasteiger partial charge < -0.3 is 4.74 Å². The van der Waals surface area contributed by atoms with E-state index in [1.165, 1.54) is 7.11 Å². The van der Waals surface area contributed by atoms with Gasteiger partial charge in [-0.15, -0.1) is 10.2 Å². The Bertz CT molecular complexity index is 491. The summed E-state index contributed by atoms with van der Waals surface area (Å²) in [4.78, 5) is 15.3. The summed E-state index contributed by atoms with van der Waals surface area (Å²) in [5.74, 6) is -0.351. The molecule has 0 unspecified atom stereocenters. The number of rotatable bonds is 1. The van der Waals surface area contributed by atoms with E-state index in [4.69, 9.17) is 0 Å². The van der Waals surface area contributed by atoms with Gasteiger partial charge in [0.15, 0.2) is 5.65 Å². The molecule has 2 aromatic heterocycles.